The van der Waals surface area contributed by atoms with E-state index in [1.807, 2.05) is 0 Å². The molecule has 5 fully saturated rings. The molecule has 1 aliphatic carbocycles. The molecular weight excluding hydrogens is 586 g/mol. The minimum Gasteiger partial charge on any atom is -0.450 e. The molecule has 4 saturated heterocycles. The number of hydrazine groups is 1. The van der Waals surface area contributed by atoms with Crippen LogP contribution in [-0.2, 0) is 14.2 Å². The smallest absolute Gasteiger partial charge is 0.355 e. The summed E-state index contributed by atoms with van der Waals surface area (Å²) in [6, 6.07) is 11.2. The zero-order valence-corrected chi connectivity index (χ0v) is 25.5. The highest BCUT2D eigenvalue weighted by Gasteiger charge is 3.04. The first-order valence-electron chi connectivity index (χ1n) is 15.1. The summed E-state index contributed by atoms with van der Waals surface area (Å²) in [6.07, 6.45) is -2.54. The minimum atomic E-state index is -2.86. The maximum absolute atomic E-state index is 13.7. The molecule has 1 saturated carbocycles. The summed E-state index contributed by atoms with van der Waals surface area (Å²) in [5.41, 5.74) is -7.57. The summed E-state index contributed by atoms with van der Waals surface area (Å²) in [6.45, 7) is 10.0. The fraction of sp³-hybridized carbons (Fsp3) is 0.562. The number of aliphatic hydroxyl groups excluding tert-OH is 1. The van der Waals surface area contributed by atoms with Gasteiger partial charge in [-0.05, 0) is 55.5 Å². The van der Waals surface area contributed by atoms with Crippen molar-refractivity contribution in [3.63, 3.8) is 0 Å². The lowest BCUT2D eigenvalue weighted by Crippen LogP contribution is -2.97. The van der Waals surface area contributed by atoms with Gasteiger partial charge in [-0.2, -0.15) is 5.43 Å². The van der Waals surface area contributed by atoms with Gasteiger partial charge < -0.3 is 44.7 Å². The number of ether oxygens (including phenoxy) is 3. The summed E-state index contributed by atoms with van der Waals surface area (Å²) in [4.78, 5) is 29.9. The number of hydrogen-bond acceptors (Lipinski definition) is 11. The standard InChI is InChI=1S/C32H39N3O10/c1-17(2)29(41)24(43-23(38)20-12-9-15-33-20)31(35-34-22(37)19-10-7-6-8-11-19)25(4)16-28(40)26(29,5)32(42,45-31)30(44-28)21(36)18(3)13-14-27(25,30)39/h6-12,15,17,21,24,33,35-36,39-42H,3,13-14,16H2,1-2,4-5H3,(H,34,37)/t21-,24-,25+,26+,27+,28+,29-,30-,31-,32-/m1/s1. The number of esters is 1. The Hall–Kier alpha value is -3.14. The molecule has 1 spiro atoms. The molecule has 0 radical (unpaired) electrons. The van der Waals surface area contributed by atoms with Crippen molar-refractivity contribution in [2.75, 3.05) is 0 Å². The Morgan fingerprint density at radius 2 is 1.76 bits per heavy atom. The van der Waals surface area contributed by atoms with E-state index >= 15 is 0 Å². The molecule has 8 N–H and O–H groups in total. The van der Waals surface area contributed by atoms with Crippen LogP contribution >= 0.6 is 0 Å². The normalized spacial score (nSPS) is 47.6. The van der Waals surface area contributed by atoms with E-state index in [-0.39, 0.29) is 29.7 Å². The van der Waals surface area contributed by atoms with Crippen LogP contribution in [-0.4, -0.2) is 88.7 Å². The van der Waals surface area contributed by atoms with Gasteiger partial charge in [0, 0.05) is 18.2 Å². The van der Waals surface area contributed by atoms with Crippen molar-refractivity contribution < 1.29 is 49.3 Å². The van der Waals surface area contributed by atoms with E-state index in [4.69, 9.17) is 14.2 Å². The quantitative estimate of drug-likeness (QED) is 0.127. The molecule has 4 aliphatic heterocycles. The van der Waals surface area contributed by atoms with Crippen molar-refractivity contribution in [1.82, 2.24) is 15.8 Å². The lowest BCUT2D eigenvalue weighted by Gasteiger charge is -2.75. The topological polar surface area (TPSA) is 203 Å². The highest BCUT2D eigenvalue weighted by atomic mass is 16.8. The first kappa shape index (κ1) is 30.5. The van der Waals surface area contributed by atoms with Gasteiger partial charge in [-0.25, -0.2) is 4.79 Å². The van der Waals surface area contributed by atoms with Crippen LogP contribution in [0.15, 0.2) is 60.8 Å². The summed E-state index contributed by atoms with van der Waals surface area (Å²) < 4.78 is 19.1. The summed E-state index contributed by atoms with van der Waals surface area (Å²) in [5.74, 6) is -7.78. The van der Waals surface area contributed by atoms with Crippen LogP contribution in [0.4, 0.5) is 0 Å². The Morgan fingerprint density at radius 1 is 1.07 bits per heavy atom. The second-order valence-corrected chi connectivity index (χ2v) is 14.0. The van der Waals surface area contributed by atoms with Crippen molar-refractivity contribution in [2.45, 2.75) is 93.3 Å². The first-order chi connectivity index (χ1) is 21.0. The van der Waals surface area contributed by atoms with Crippen LogP contribution in [0, 0.1) is 16.7 Å². The predicted octanol–water partition coefficient (Wildman–Crippen LogP) is 0.606. The zero-order valence-electron chi connectivity index (χ0n) is 25.5. The van der Waals surface area contributed by atoms with Gasteiger partial charge in [-0.3, -0.25) is 10.2 Å². The Morgan fingerprint density at radius 3 is 2.38 bits per heavy atom. The molecule has 7 rings (SSSR count). The molecule has 45 heavy (non-hydrogen) atoms. The number of rotatable bonds is 6. The summed E-state index contributed by atoms with van der Waals surface area (Å²) >= 11 is 0. The molecule has 1 aromatic carbocycles. The van der Waals surface area contributed by atoms with Gasteiger partial charge >= 0.3 is 5.97 Å². The largest absolute Gasteiger partial charge is 0.450 e. The fourth-order valence-electron chi connectivity index (χ4n) is 9.56. The zero-order chi connectivity index (χ0) is 32.6. The number of carbonyl (C=O) groups excluding carboxylic acids is 2. The van der Waals surface area contributed by atoms with Gasteiger partial charge in [0.25, 0.3) is 5.91 Å². The van der Waals surface area contributed by atoms with Crippen molar-refractivity contribution in [2.24, 2.45) is 16.7 Å². The Kier molecular flexibility index (Phi) is 5.97. The monoisotopic (exact) mass is 625 g/mol. The number of aromatic amines is 1. The molecule has 1 aromatic heterocycles. The third-order valence-corrected chi connectivity index (χ3v) is 12.0. The van der Waals surface area contributed by atoms with E-state index in [2.05, 4.69) is 22.4 Å². The van der Waals surface area contributed by atoms with Crippen LogP contribution in [0.2, 0.25) is 0 Å². The average Bonchev–Trinajstić information content (AvgIpc) is 3.57. The second kappa shape index (κ2) is 8.81. The first-order valence-corrected chi connectivity index (χ1v) is 15.1. The number of amides is 1. The lowest BCUT2D eigenvalue weighted by molar-refractivity contribution is -0.521. The third-order valence-electron chi connectivity index (χ3n) is 12.0. The Labute approximate surface area is 259 Å². The van der Waals surface area contributed by atoms with E-state index in [0.29, 0.717) is 0 Å². The van der Waals surface area contributed by atoms with Crippen molar-refractivity contribution >= 4 is 11.9 Å². The molecule has 0 unspecified atom stereocenters. The van der Waals surface area contributed by atoms with Crippen LogP contribution < -0.4 is 10.9 Å². The van der Waals surface area contributed by atoms with E-state index < -0.39 is 81.4 Å². The lowest BCUT2D eigenvalue weighted by atomic mass is 9.43. The van der Waals surface area contributed by atoms with Crippen molar-refractivity contribution in [1.29, 1.82) is 0 Å². The number of H-pyrrole nitrogens is 1. The van der Waals surface area contributed by atoms with Crippen LogP contribution in [0.25, 0.3) is 0 Å². The fourth-order valence-corrected chi connectivity index (χ4v) is 9.56. The highest BCUT2D eigenvalue weighted by Crippen LogP contribution is 2.84. The van der Waals surface area contributed by atoms with Gasteiger partial charge in [-0.1, -0.05) is 45.5 Å². The van der Waals surface area contributed by atoms with Crippen LogP contribution in [0.1, 0.15) is 67.8 Å². The van der Waals surface area contributed by atoms with E-state index in [1.165, 1.54) is 26.1 Å². The third kappa shape index (κ3) is 2.94. The molecule has 13 heteroatoms. The number of carbonyl (C=O) groups is 2. The number of aliphatic hydroxyl groups is 5. The highest BCUT2D eigenvalue weighted by molar-refractivity contribution is 5.93. The average molecular weight is 626 g/mol. The Balaban J connectivity index is 1.52. The number of hydrogen-bond donors (Lipinski definition) is 8. The van der Waals surface area contributed by atoms with E-state index in [0.717, 1.165) is 0 Å². The molecule has 13 nitrogen and oxygen atoms in total. The molecule has 10 atom stereocenters. The van der Waals surface area contributed by atoms with Crippen LogP contribution in [0.5, 0.6) is 0 Å². The molecule has 5 heterocycles. The minimum absolute atomic E-state index is 0.0303. The van der Waals surface area contributed by atoms with Gasteiger partial charge in [0.15, 0.2) is 23.2 Å². The SMILES string of the molecule is C=C1CC[C@]2(O)[C@]3(C)C[C@]4(O)O[C@@]2([C@@H]1O)[C@]1(O)O[C@]3(NNC(=O)c2ccccc2)[C@H](OC(=O)c2ccc[nH]2)[C@](O)(C(C)C)[C@@]14C. The van der Waals surface area contributed by atoms with Gasteiger partial charge in [0.2, 0.25) is 5.79 Å². The van der Waals surface area contributed by atoms with E-state index in [9.17, 15) is 35.1 Å². The molecular formula is C32H39N3O10. The molecule has 2 aromatic rings. The molecule has 242 valence electrons. The molecule has 1 amide bonds. The number of fused-ring (bicyclic) bond motifs is 4. The van der Waals surface area contributed by atoms with Crippen LogP contribution in [0.3, 0.4) is 0 Å². The number of nitrogens with one attached hydrogen (secondary N) is 3. The predicted molar refractivity (Wildman–Crippen MR) is 155 cm³/mol. The maximum Gasteiger partial charge on any atom is 0.355 e. The van der Waals surface area contributed by atoms with Crippen molar-refractivity contribution in [3.8, 4) is 0 Å². The van der Waals surface area contributed by atoms with Gasteiger partial charge in [-0.15, -0.1) is 0 Å². The molecule has 5 bridgehead atoms. The second-order valence-electron chi connectivity index (χ2n) is 14.0. The van der Waals surface area contributed by atoms with Gasteiger partial charge in [0.1, 0.15) is 28.4 Å². The maximum atomic E-state index is 13.7. The molecule has 5 aliphatic rings. The summed E-state index contributed by atoms with van der Waals surface area (Å²) in [5, 5.41) is 63.4. The van der Waals surface area contributed by atoms with E-state index in [1.54, 1.807) is 50.2 Å². The summed E-state index contributed by atoms with van der Waals surface area (Å²) in [7, 11) is 0. The number of aromatic nitrogens is 1. The Bertz CT molecular complexity index is 1600. The van der Waals surface area contributed by atoms with Crippen molar-refractivity contribution in [3.05, 3.63) is 72.1 Å². The number of benzene rings is 1. The van der Waals surface area contributed by atoms with Gasteiger partial charge in [0.05, 0.1) is 5.41 Å².